The molecule has 9 nitrogen and oxygen atoms in total. The summed E-state index contributed by atoms with van der Waals surface area (Å²) >= 11 is 5.83. The van der Waals surface area contributed by atoms with E-state index in [0.717, 1.165) is 11.0 Å². The molecule has 2 rings (SSSR count). The van der Waals surface area contributed by atoms with E-state index in [1.165, 1.54) is 6.20 Å². The molecule has 0 saturated carbocycles. The van der Waals surface area contributed by atoms with Crippen molar-refractivity contribution in [2.75, 3.05) is 24.6 Å². The number of nitro groups is 1. The third kappa shape index (κ3) is 4.10. The van der Waals surface area contributed by atoms with Gasteiger partial charge in [-0.2, -0.15) is 0 Å². The molecule has 26 heavy (non-hydrogen) atoms. The van der Waals surface area contributed by atoms with E-state index in [9.17, 15) is 19.7 Å². The number of nitrogens with zero attached hydrogens (tertiary/aromatic N) is 3. The van der Waals surface area contributed by atoms with E-state index in [1.54, 1.807) is 6.92 Å². The van der Waals surface area contributed by atoms with Crippen LogP contribution in [0, 0.1) is 15.5 Å². The van der Waals surface area contributed by atoms with Gasteiger partial charge in [0.1, 0.15) is 0 Å². The number of esters is 1. The van der Waals surface area contributed by atoms with E-state index in [2.05, 4.69) is 10.3 Å². The monoisotopic (exact) mass is 384 g/mol. The molecule has 0 bridgehead atoms. The molecule has 1 aliphatic rings. The Kier molecular flexibility index (Phi) is 6.14. The number of nitrogens with one attached hydrogen (secondary N) is 1. The molecular weight excluding hydrogens is 364 g/mol. The minimum absolute atomic E-state index is 0.0180. The van der Waals surface area contributed by atoms with Crippen LogP contribution in [0.5, 0.6) is 0 Å². The van der Waals surface area contributed by atoms with Gasteiger partial charge in [0.05, 0.1) is 16.6 Å². The third-order valence-electron chi connectivity index (χ3n) is 4.30. The Morgan fingerprint density at radius 1 is 1.54 bits per heavy atom. The minimum Gasteiger partial charge on any atom is -0.459 e. The summed E-state index contributed by atoms with van der Waals surface area (Å²) in [6.07, 6.45) is 1.71. The Hall–Kier alpha value is -2.26. The molecule has 1 aromatic heterocycles. The average Bonchev–Trinajstić information content (AvgIpc) is 2.57. The summed E-state index contributed by atoms with van der Waals surface area (Å²) in [5.41, 5.74) is -0.889. The van der Waals surface area contributed by atoms with Crippen LogP contribution >= 0.6 is 11.6 Å². The molecule has 1 saturated heterocycles. The van der Waals surface area contributed by atoms with Crippen LogP contribution in [-0.2, 0) is 14.3 Å². The van der Waals surface area contributed by atoms with Crippen LogP contribution in [0.4, 0.5) is 11.5 Å². The zero-order valence-corrected chi connectivity index (χ0v) is 15.6. The number of hydrogen-bond donors (Lipinski definition) is 1. The van der Waals surface area contributed by atoms with E-state index in [-0.39, 0.29) is 17.4 Å². The van der Waals surface area contributed by atoms with Crippen molar-refractivity contribution in [3.8, 4) is 0 Å². The third-order valence-corrected chi connectivity index (χ3v) is 4.50. The second kappa shape index (κ2) is 7.96. The maximum absolute atomic E-state index is 12.8. The molecule has 0 aliphatic carbocycles. The maximum Gasteiger partial charge on any atom is 0.397 e. The Balaban J connectivity index is 2.59. The summed E-state index contributed by atoms with van der Waals surface area (Å²) in [5, 5.41) is 14.8. The number of carbonyl (C=O) groups is 2. The number of anilines is 1. The molecule has 10 heteroatoms. The number of carbonyl (C=O) groups excluding carboxylic acids is 2. The lowest BCUT2D eigenvalue weighted by molar-refractivity contribution is -0.384. The van der Waals surface area contributed by atoms with Crippen LogP contribution in [-0.4, -0.2) is 47.5 Å². The summed E-state index contributed by atoms with van der Waals surface area (Å²) < 4.78 is 4.82. The number of aromatic nitrogens is 1. The lowest BCUT2D eigenvalue weighted by atomic mass is 9.79. The van der Waals surface area contributed by atoms with Crippen LogP contribution in [0.2, 0.25) is 5.02 Å². The number of hydrogen-bond acceptors (Lipinski definition) is 7. The minimum atomic E-state index is -1.08. The first kappa shape index (κ1) is 20.1. The summed E-state index contributed by atoms with van der Waals surface area (Å²) in [5.74, 6) is -2.27. The van der Waals surface area contributed by atoms with Crippen LogP contribution in [0.1, 0.15) is 27.2 Å². The summed E-state index contributed by atoms with van der Waals surface area (Å²) in [6.45, 7) is 6.60. The Labute approximate surface area is 155 Å². The number of piperidine rings is 1. The average molecular weight is 385 g/mol. The van der Waals surface area contributed by atoms with Crippen LogP contribution in [0.3, 0.4) is 0 Å². The summed E-state index contributed by atoms with van der Waals surface area (Å²) in [6, 6.07) is 0.636. The second-order valence-electron chi connectivity index (χ2n) is 6.62. The predicted molar refractivity (Wildman–Crippen MR) is 95.1 cm³/mol. The molecule has 1 atom stereocenters. The molecule has 2 heterocycles. The van der Waals surface area contributed by atoms with E-state index < -0.39 is 33.9 Å². The second-order valence-corrected chi connectivity index (χ2v) is 7.06. The lowest BCUT2D eigenvalue weighted by Gasteiger charge is -2.44. The van der Waals surface area contributed by atoms with Crippen LogP contribution in [0.15, 0.2) is 12.3 Å². The number of pyridine rings is 1. The fourth-order valence-electron chi connectivity index (χ4n) is 3.05. The molecule has 0 radical (unpaired) electrons. The van der Waals surface area contributed by atoms with Gasteiger partial charge in [-0.1, -0.05) is 25.4 Å². The van der Waals surface area contributed by atoms with Crippen molar-refractivity contribution >= 4 is 35.0 Å². The number of halogens is 1. The Morgan fingerprint density at radius 2 is 2.23 bits per heavy atom. The first-order chi connectivity index (χ1) is 12.2. The van der Waals surface area contributed by atoms with Crippen molar-refractivity contribution < 1.29 is 19.2 Å². The topological polar surface area (TPSA) is 115 Å². The van der Waals surface area contributed by atoms with E-state index in [4.69, 9.17) is 16.3 Å². The van der Waals surface area contributed by atoms with Crippen LogP contribution in [0.25, 0.3) is 0 Å². The van der Waals surface area contributed by atoms with E-state index in [0.29, 0.717) is 19.5 Å². The lowest BCUT2D eigenvalue weighted by Crippen LogP contribution is -2.58. The fourth-order valence-corrected chi connectivity index (χ4v) is 3.21. The molecule has 1 N–H and O–H groups in total. The highest BCUT2D eigenvalue weighted by atomic mass is 35.5. The van der Waals surface area contributed by atoms with Gasteiger partial charge >= 0.3 is 17.6 Å². The van der Waals surface area contributed by atoms with Crippen molar-refractivity contribution in [1.29, 1.82) is 0 Å². The highest BCUT2D eigenvalue weighted by Crippen LogP contribution is 2.37. The molecule has 1 amide bonds. The largest absolute Gasteiger partial charge is 0.459 e. The van der Waals surface area contributed by atoms with Gasteiger partial charge in [0.2, 0.25) is 5.82 Å². The smallest absolute Gasteiger partial charge is 0.397 e. The molecule has 1 aliphatic heterocycles. The zero-order chi connectivity index (χ0) is 19.5. The van der Waals surface area contributed by atoms with Crippen molar-refractivity contribution in [1.82, 2.24) is 10.3 Å². The quantitative estimate of drug-likeness (QED) is 0.365. The fraction of sp³-hybridized carbons (Fsp3) is 0.562. The van der Waals surface area contributed by atoms with Gasteiger partial charge in [-0.15, -0.1) is 0 Å². The predicted octanol–water partition coefficient (Wildman–Crippen LogP) is 1.93. The van der Waals surface area contributed by atoms with Crippen molar-refractivity contribution in [2.24, 2.45) is 5.41 Å². The Bertz CT molecular complexity index is 725. The summed E-state index contributed by atoms with van der Waals surface area (Å²) in [7, 11) is 0. The van der Waals surface area contributed by atoms with Gasteiger partial charge in [0.25, 0.3) is 0 Å². The normalized spacial score (nSPS) is 18.8. The van der Waals surface area contributed by atoms with Gasteiger partial charge in [-0.05, 0) is 25.3 Å². The van der Waals surface area contributed by atoms with Crippen molar-refractivity contribution in [3.63, 3.8) is 0 Å². The molecule has 1 aromatic rings. The molecule has 0 spiro atoms. The van der Waals surface area contributed by atoms with E-state index in [1.807, 2.05) is 13.8 Å². The first-order valence-corrected chi connectivity index (χ1v) is 8.57. The highest BCUT2D eigenvalue weighted by molar-refractivity contribution is 6.38. The van der Waals surface area contributed by atoms with Gasteiger partial charge in [-0.25, -0.2) is 9.78 Å². The van der Waals surface area contributed by atoms with Crippen molar-refractivity contribution in [3.05, 3.63) is 27.4 Å². The molecule has 142 valence electrons. The maximum atomic E-state index is 12.8. The molecular formula is C16H21ClN4O5. The van der Waals surface area contributed by atoms with E-state index >= 15 is 0 Å². The van der Waals surface area contributed by atoms with Crippen molar-refractivity contribution in [2.45, 2.75) is 33.2 Å². The molecule has 1 unspecified atom stereocenters. The van der Waals surface area contributed by atoms with Gasteiger partial charge < -0.3 is 10.1 Å². The SMILES string of the molecule is CCOC(=O)C(=O)N(c1ncc(Cl)cc1[N+](=O)[O-])C1CCNCC1(C)C. The standard InChI is InChI=1S/C16H21ClN4O5/c1-4-26-15(23)14(22)20(12-5-6-18-9-16(12,2)3)13-11(21(24)25)7-10(17)8-19-13/h7-8,12,18H,4-6,9H2,1-3H3. The van der Waals surface area contributed by atoms with Gasteiger partial charge in [0, 0.05) is 24.8 Å². The number of amides is 1. The number of ether oxygens (including phenoxy) is 1. The van der Waals surface area contributed by atoms with Gasteiger partial charge in [0.15, 0.2) is 0 Å². The van der Waals surface area contributed by atoms with Crippen LogP contribution < -0.4 is 10.2 Å². The first-order valence-electron chi connectivity index (χ1n) is 8.20. The highest BCUT2D eigenvalue weighted by Gasteiger charge is 2.44. The molecule has 0 aromatic carbocycles. The zero-order valence-electron chi connectivity index (χ0n) is 14.8. The Morgan fingerprint density at radius 3 is 2.81 bits per heavy atom. The summed E-state index contributed by atoms with van der Waals surface area (Å²) in [4.78, 5) is 40.8. The van der Waals surface area contributed by atoms with Gasteiger partial charge in [-0.3, -0.25) is 19.8 Å². The number of rotatable bonds is 4. The molecule has 1 fully saturated rings.